The Morgan fingerprint density at radius 3 is 2.86 bits per heavy atom. The van der Waals surface area contributed by atoms with Crippen LogP contribution in [0.2, 0.25) is 0 Å². The average molecular weight is 193 g/mol. The van der Waals surface area contributed by atoms with E-state index in [2.05, 4.69) is 10.4 Å². The Kier molecular flexibility index (Phi) is 2.63. The molecule has 0 aromatic carbocycles. The van der Waals surface area contributed by atoms with Crippen molar-refractivity contribution < 1.29 is 0 Å². The van der Waals surface area contributed by atoms with Crippen molar-refractivity contribution in [3.8, 4) is 0 Å². The van der Waals surface area contributed by atoms with E-state index in [1.165, 1.54) is 4.68 Å². The molecule has 0 radical (unpaired) electrons. The lowest BCUT2D eigenvalue weighted by Crippen LogP contribution is -2.28. The topological polar surface area (TPSA) is 46.9 Å². The maximum absolute atomic E-state index is 11.4. The first-order valence-electron chi connectivity index (χ1n) is 5.01. The fraction of sp³-hybridized carbons (Fsp3) is 0.600. The Morgan fingerprint density at radius 2 is 2.21 bits per heavy atom. The Labute approximate surface area is 82.9 Å². The molecule has 2 heterocycles. The van der Waals surface area contributed by atoms with Crippen LogP contribution in [0.3, 0.4) is 0 Å². The molecule has 0 spiro atoms. The number of rotatable bonds is 1. The lowest BCUT2D eigenvalue weighted by Gasteiger charge is -2.22. The van der Waals surface area contributed by atoms with Crippen molar-refractivity contribution in [2.24, 2.45) is 7.05 Å². The third-order valence-corrected chi connectivity index (χ3v) is 2.80. The zero-order chi connectivity index (χ0) is 9.97. The Morgan fingerprint density at radius 1 is 1.50 bits per heavy atom. The molecule has 1 fully saturated rings. The second kappa shape index (κ2) is 3.92. The highest BCUT2D eigenvalue weighted by Gasteiger charge is 2.15. The molecule has 0 unspecified atom stereocenters. The third kappa shape index (κ3) is 1.85. The van der Waals surface area contributed by atoms with Crippen molar-refractivity contribution in [2.45, 2.75) is 18.8 Å². The van der Waals surface area contributed by atoms with Gasteiger partial charge in [-0.1, -0.05) is 0 Å². The molecule has 0 bridgehead atoms. The van der Waals surface area contributed by atoms with Crippen LogP contribution in [0.4, 0.5) is 0 Å². The summed E-state index contributed by atoms with van der Waals surface area (Å²) in [4.78, 5) is 11.4. The molecule has 0 saturated carbocycles. The smallest absolute Gasteiger partial charge is 0.266 e. The summed E-state index contributed by atoms with van der Waals surface area (Å²) in [6, 6.07) is 1.71. The summed E-state index contributed by atoms with van der Waals surface area (Å²) in [5.74, 6) is 0.512. The fourth-order valence-electron chi connectivity index (χ4n) is 1.86. The lowest BCUT2D eigenvalue weighted by molar-refractivity contribution is 0.457. The molecule has 0 atom stereocenters. The number of nitrogens with zero attached hydrogens (tertiary/aromatic N) is 2. The molecule has 1 aliphatic rings. The SMILES string of the molecule is Cn1ncc(C2CCNCC2)cc1=O. The van der Waals surface area contributed by atoms with Gasteiger partial charge in [-0.2, -0.15) is 5.10 Å². The van der Waals surface area contributed by atoms with E-state index in [0.29, 0.717) is 5.92 Å². The Balaban J connectivity index is 2.23. The monoisotopic (exact) mass is 193 g/mol. The summed E-state index contributed by atoms with van der Waals surface area (Å²) >= 11 is 0. The lowest BCUT2D eigenvalue weighted by atomic mass is 9.92. The van der Waals surface area contributed by atoms with E-state index >= 15 is 0 Å². The molecule has 0 amide bonds. The standard InChI is InChI=1S/C10H15N3O/c1-13-10(14)6-9(7-12-13)8-2-4-11-5-3-8/h6-8,11H,2-5H2,1H3. The van der Waals surface area contributed by atoms with Crippen LogP contribution in [0.1, 0.15) is 24.3 Å². The minimum atomic E-state index is -0.0129. The van der Waals surface area contributed by atoms with Gasteiger partial charge >= 0.3 is 0 Å². The van der Waals surface area contributed by atoms with Crippen molar-refractivity contribution in [2.75, 3.05) is 13.1 Å². The molecule has 4 heteroatoms. The fourth-order valence-corrected chi connectivity index (χ4v) is 1.86. The van der Waals surface area contributed by atoms with Gasteiger partial charge in [-0.3, -0.25) is 4.79 Å². The number of hydrogen-bond acceptors (Lipinski definition) is 3. The van der Waals surface area contributed by atoms with E-state index in [9.17, 15) is 4.79 Å². The first kappa shape index (κ1) is 9.40. The minimum Gasteiger partial charge on any atom is -0.317 e. The first-order valence-corrected chi connectivity index (χ1v) is 5.01. The number of aryl methyl sites for hydroxylation is 1. The highest BCUT2D eigenvalue weighted by atomic mass is 16.1. The van der Waals surface area contributed by atoms with Gasteiger partial charge in [0.25, 0.3) is 5.56 Å². The van der Waals surface area contributed by atoms with Crippen molar-refractivity contribution in [1.82, 2.24) is 15.1 Å². The van der Waals surface area contributed by atoms with Gasteiger partial charge in [0.2, 0.25) is 0 Å². The van der Waals surface area contributed by atoms with Crippen LogP contribution in [0.25, 0.3) is 0 Å². The third-order valence-electron chi connectivity index (χ3n) is 2.80. The quantitative estimate of drug-likeness (QED) is 0.695. The maximum Gasteiger partial charge on any atom is 0.266 e. The van der Waals surface area contributed by atoms with E-state index < -0.39 is 0 Å². The average Bonchev–Trinajstić information content (AvgIpc) is 2.23. The van der Waals surface area contributed by atoms with Crippen LogP contribution in [0, 0.1) is 0 Å². The molecule has 14 heavy (non-hydrogen) atoms. The number of piperidine rings is 1. The van der Waals surface area contributed by atoms with Gasteiger partial charge < -0.3 is 5.32 Å². The van der Waals surface area contributed by atoms with Crippen LogP contribution >= 0.6 is 0 Å². The van der Waals surface area contributed by atoms with E-state index in [4.69, 9.17) is 0 Å². The summed E-state index contributed by atoms with van der Waals surface area (Å²) in [5, 5.41) is 7.34. The van der Waals surface area contributed by atoms with Crippen molar-refractivity contribution in [1.29, 1.82) is 0 Å². The van der Waals surface area contributed by atoms with E-state index in [0.717, 1.165) is 31.5 Å². The second-order valence-corrected chi connectivity index (χ2v) is 3.78. The summed E-state index contributed by atoms with van der Waals surface area (Å²) in [7, 11) is 1.68. The van der Waals surface area contributed by atoms with Gasteiger partial charge in [0, 0.05) is 13.1 Å². The van der Waals surface area contributed by atoms with Gasteiger partial charge in [-0.05, 0) is 37.4 Å². The van der Waals surface area contributed by atoms with Crippen molar-refractivity contribution in [3.63, 3.8) is 0 Å². The van der Waals surface area contributed by atoms with Crippen LogP contribution < -0.4 is 10.9 Å². The Bertz CT molecular complexity index is 366. The van der Waals surface area contributed by atoms with Gasteiger partial charge in [-0.25, -0.2) is 4.68 Å². The molecule has 0 aliphatic carbocycles. The molecule has 1 aromatic rings. The highest BCUT2D eigenvalue weighted by Crippen LogP contribution is 2.22. The number of aromatic nitrogens is 2. The van der Waals surface area contributed by atoms with Gasteiger partial charge in [0.15, 0.2) is 0 Å². The molecule has 1 N–H and O–H groups in total. The van der Waals surface area contributed by atoms with Crippen LogP contribution in [-0.4, -0.2) is 22.9 Å². The molecule has 76 valence electrons. The van der Waals surface area contributed by atoms with Crippen molar-refractivity contribution >= 4 is 0 Å². The van der Waals surface area contributed by atoms with Crippen LogP contribution in [0.15, 0.2) is 17.1 Å². The second-order valence-electron chi connectivity index (χ2n) is 3.78. The molecular weight excluding hydrogens is 178 g/mol. The van der Waals surface area contributed by atoms with Crippen LogP contribution in [0.5, 0.6) is 0 Å². The highest BCUT2D eigenvalue weighted by molar-refractivity contribution is 5.13. The largest absolute Gasteiger partial charge is 0.317 e. The predicted molar refractivity (Wildman–Crippen MR) is 54.3 cm³/mol. The molecule has 4 nitrogen and oxygen atoms in total. The van der Waals surface area contributed by atoms with Gasteiger partial charge in [-0.15, -0.1) is 0 Å². The van der Waals surface area contributed by atoms with Crippen LogP contribution in [-0.2, 0) is 7.05 Å². The van der Waals surface area contributed by atoms with E-state index in [1.807, 2.05) is 6.20 Å². The summed E-state index contributed by atoms with van der Waals surface area (Å²) in [6.45, 7) is 2.08. The molecule has 1 aromatic heterocycles. The number of nitrogens with one attached hydrogen (secondary N) is 1. The summed E-state index contributed by atoms with van der Waals surface area (Å²) < 4.78 is 1.37. The summed E-state index contributed by atoms with van der Waals surface area (Å²) in [5.41, 5.74) is 1.08. The minimum absolute atomic E-state index is 0.0129. The first-order chi connectivity index (χ1) is 6.77. The zero-order valence-electron chi connectivity index (χ0n) is 8.36. The van der Waals surface area contributed by atoms with E-state index in [-0.39, 0.29) is 5.56 Å². The Hall–Kier alpha value is -1.16. The van der Waals surface area contributed by atoms with Crippen molar-refractivity contribution in [3.05, 3.63) is 28.2 Å². The molecule has 1 aliphatic heterocycles. The van der Waals surface area contributed by atoms with E-state index in [1.54, 1.807) is 13.1 Å². The van der Waals surface area contributed by atoms with Gasteiger partial charge in [0.05, 0.1) is 6.20 Å². The zero-order valence-corrected chi connectivity index (χ0v) is 8.36. The molecule has 2 rings (SSSR count). The van der Waals surface area contributed by atoms with Gasteiger partial charge in [0.1, 0.15) is 0 Å². The number of hydrogen-bond donors (Lipinski definition) is 1. The molecule has 1 saturated heterocycles. The summed E-state index contributed by atoms with van der Waals surface area (Å²) in [6.07, 6.45) is 4.03. The predicted octanol–water partition coefficient (Wildman–Crippen LogP) is 0.247. The maximum atomic E-state index is 11.4. The normalized spacial score (nSPS) is 18.4. The molecular formula is C10H15N3O.